The van der Waals surface area contributed by atoms with Crippen molar-refractivity contribution in [3.05, 3.63) is 53.6 Å². The number of nitrogens with zero attached hydrogens (tertiary/aromatic N) is 3. The number of piperazine rings is 1. The molecule has 6 nitrogen and oxygen atoms in total. The molecular formula is C23H27N3O3S2. The largest absolute Gasteiger partial charge is 0.345 e. The van der Waals surface area contributed by atoms with Crippen LogP contribution in [0.25, 0.3) is 10.2 Å². The van der Waals surface area contributed by atoms with Crippen LogP contribution in [0, 0.1) is 13.8 Å². The first-order valence-corrected chi connectivity index (χ1v) is 13.0. The van der Waals surface area contributed by atoms with Gasteiger partial charge in [-0.25, -0.2) is 13.4 Å². The van der Waals surface area contributed by atoms with Gasteiger partial charge in [-0.2, -0.15) is 0 Å². The molecule has 4 rings (SSSR count). The Hall–Kier alpha value is -2.45. The van der Waals surface area contributed by atoms with Crippen LogP contribution in [0.5, 0.6) is 0 Å². The van der Waals surface area contributed by atoms with E-state index in [4.69, 9.17) is 4.98 Å². The summed E-state index contributed by atoms with van der Waals surface area (Å²) in [7, 11) is -3.34. The van der Waals surface area contributed by atoms with Gasteiger partial charge < -0.3 is 9.80 Å². The molecule has 0 saturated carbocycles. The number of anilines is 1. The maximum Gasteiger partial charge on any atom is 0.222 e. The smallest absolute Gasteiger partial charge is 0.222 e. The Balaban J connectivity index is 1.30. The predicted molar refractivity (Wildman–Crippen MR) is 126 cm³/mol. The molecule has 0 aliphatic carbocycles. The quantitative estimate of drug-likeness (QED) is 0.563. The fourth-order valence-corrected chi connectivity index (χ4v) is 6.22. The number of rotatable bonds is 6. The lowest BCUT2D eigenvalue weighted by atomic mass is 10.1. The normalized spacial score (nSPS) is 14.9. The van der Waals surface area contributed by atoms with Crippen LogP contribution in [0.4, 0.5) is 5.13 Å². The summed E-state index contributed by atoms with van der Waals surface area (Å²) in [5, 5.41) is 1.00. The first-order chi connectivity index (χ1) is 14.8. The monoisotopic (exact) mass is 457 g/mol. The van der Waals surface area contributed by atoms with Crippen molar-refractivity contribution in [2.24, 2.45) is 0 Å². The standard InChI is InChI=1S/C23H27N3O3S2/c1-17-10-11-20-22(18(17)2)24-23(30-20)26-14-12-25(13-15-26)21(27)9-6-16-31(28,29)19-7-4-3-5-8-19/h3-5,7-8,10-11H,6,9,12-16H2,1-2H3. The van der Waals surface area contributed by atoms with E-state index in [2.05, 4.69) is 30.9 Å². The van der Waals surface area contributed by atoms with Crippen LogP contribution in [0.1, 0.15) is 24.0 Å². The second kappa shape index (κ2) is 8.96. The number of aromatic nitrogens is 1. The van der Waals surface area contributed by atoms with Gasteiger partial charge >= 0.3 is 0 Å². The summed E-state index contributed by atoms with van der Waals surface area (Å²) >= 11 is 1.70. The molecule has 1 amide bonds. The third kappa shape index (κ3) is 4.75. The minimum Gasteiger partial charge on any atom is -0.345 e. The summed E-state index contributed by atoms with van der Waals surface area (Å²) in [6, 6.07) is 12.7. The summed E-state index contributed by atoms with van der Waals surface area (Å²) in [4.78, 5) is 21.8. The fraction of sp³-hybridized carbons (Fsp3) is 0.391. The van der Waals surface area contributed by atoms with Gasteiger partial charge in [0.15, 0.2) is 15.0 Å². The minimum atomic E-state index is -3.34. The van der Waals surface area contributed by atoms with Crippen molar-refractivity contribution >= 4 is 42.4 Å². The molecule has 2 heterocycles. The van der Waals surface area contributed by atoms with Gasteiger partial charge in [-0.05, 0) is 49.6 Å². The molecule has 1 saturated heterocycles. The van der Waals surface area contributed by atoms with Crippen molar-refractivity contribution in [3.8, 4) is 0 Å². The molecule has 3 aromatic rings. The lowest BCUT2D eigenvalue weighted by Gasteiger charge is -2.34. The number of thiazole rings is 1. The SMILES string of the molecule is Cc1ccc2sc(N3CCN(C(=O)CCCS(=O)(=O)c4ccccc4)CC3)nc2c1C. The Kier molecular flexibility index (Phi) is 6.29. The third-order valence-corrected chi connectivity index (χ3v) is 8.78. The summed E-state index contributed by atoms with van der Waals surface area (Å²) in [6.45, 7) is 6.97. The molecule has 0 unspecified atom stereocenters. The molecule has 164 valence electrons. The van der Waals surface area contributed by atoms with Crippen LogP contribution < -0.4 is 4.90 Å². The average Bonchev–Trinajstić information content (AvgIpc) is 3.22. The molecule has 0 bridgehead atoms. The van der Waals surface area contributed by atoms with Gasteiger partial charge in [-0.3, -0.25) is 4.79 Å². The van der Waals surface area contributed by atoms with E-state index in [1.807, 2.05) is 4.90 Å². The number of hydrogen-bond donors (Lipinski definition) is 0. The van der Waals surface area contributed by atoms with Gasteiger partial charge in [0.2, 0.25) is 5.91 Å². The van der Waals surface area contributed by atoms with E-state index in [1.54, 1.807) is 41.7 Å². The van der Waals surface area contributed by atoms with Crippen LogP contribution in [0.15, 0.2) is 47.4 Å². The first-order valence-electron chi connectivity index (χ1n) is 10.5. The maximum absolute atomic E-state index is 12.6. The highest BCUT2D eigenvalue weighted by atomic mass is 32.2. The summed E-state index contributed by atoms with van der Waals surface area (Å²) in [6.07, 6.45) is 0.596. The van der Waals surface area contributed by atoms with E-state index in [0.717, 1.165) is 23.7 Å². The van der Waals surface area contributed by atoms with Crippen molar-refractivity contribution in [2.45, 2.75) is 31.6 Å². The molecule has 0 radical (unpaired) electrons. The molecule has 31 heavy (non-hydrogen) atoms. The zero-order chi connectivity index (χ0) is 22.0. The molecule has 8 heteroatoms. The second-order valence-corrected chi connectivity index (χ2v) is 11.1. The van der Waals surface area contributed by atoms with E-state index in [-0.39, 0.29) is 18.1 Å². The van der Waals surface area contributed by atoms with Crippen LogP contribution in [0.3, 0.4) is 0 Å². The lowest BCUT2D eigenvalue weighted by molar-refractivity contribution is -0.131. The highest BCUT2D eigenvalue weighted by Crippen LogP contribution is 2.32. The Morgan fingerprint density at radius 3 is 2.45 bits per heavy atom. The number of carbonyl (C=O) groups is 1. The highest BCUT2D eigenvalue weighted by Gasteiger charge is 2.24. The number of fused-ring (bicyclic) bond motifs is 1. The number of sulfone groups is 1. The number of carbonyl (C=O) groups excluding carboxylic acids is 1. The van der Waals surface area contributed by atoms with E-state index in [0.29, 0.717) is 24.4 Å². The molecule has 0 spiro atoms. The van der Waals surface area contributed by atoms with Crippen LogP contribution in [-0.2, 0) is 14.6 Å². The van der Waals surface area contributed by atoms with E-state index in [1.165, 1.54) is 15.8 Å². The van der Waals surface area contributed by atoms with Gasteiger partial charge in [-0.15, -0.1) is 0 Å². The molecule has 2 aromatic carbocycles. The fourth-order valence-electron chi connectivity index (χ4n) is 3.81. The molecular weight excluding hydrogens is 430 g/mol. The molecule has 1 aliphatic rings. The van der Waals surface area contributed by atoms with Crippen molar-refractivity contribution in [2.75, 3.05) is 36.8 Å². The topological polar surface area (TPSA) is 70.6 Å². The number of hydrogen-bond acceptors (Lipinski definition) is 6. The zero-order valence-electron chi connectivity index (χ0n) is 17.9. The number of benzene rings is 2. The number of amides is 1. The molecule has 1 aliphatic heterocycles. The van der Waals surface area contributed by atoms with E-state index >= 15 is 0 Å². The van der Waals surface area contributed by atoms with Gasteiger partial charge in [0.05, 0.1) is 20.9 Å². The van der Waals surface area contributed by atoms with Crippen LogP contribution in [-0.4, -0.2) is 56.1 Å². The van der Waals surface area contributed by atoms with Gasteiger partial charge in [-0.1, -0.05) is 35.6 Å². The minimum absolute atomic E-state index is 0.00676. The Labute approximate surface area is 187 Å². The van der Waals surface area contributed by atoms with Crippen molar-refractivity contribution in [1.29, 1.82) is 0 Å². The molecule has 0 atom stereocenters. The van der Waals surface area contributed by atoms with Crippen molar-refractivity contribution in [3.63, 3.8) is 0 Å². The predicted octanol–water partition coefficient (Wildman–Crippen LogP) is 3.82. The molecule has 1 fully saturated rings. The molecule has 1 aromatic heterocycles. The Morgan fingerprint density at radius 2 is 1.74 bits per heavy atom. The molecule has 0 N–H and O–H groups in total. The summed E-state index contributed by atoms with van der Waals surface area (Å²) < 4.78 is 25.9. The lowest BCUT2D eigenvalue weighted by Crippen LogP contribution is -2.48. The first kappa shape index (κ1) is 21.8. The van der Waals surface area contributed by atoms with Crippen LogP contribution in [0.2, 0.25) is 0 Å². The van der Waals surface area contributed by atoms with E-state index in [9.17, 15) is 13.2 Å². The zero-order valence-corrected chi connectivity index (χ0v) is 19.5. The van der Waals surface area contributed by atoms with Gasteiger partial charge in [0, 0.05) is 32.6 Å². The van der Waals surface area contributed by atoms with Gasteiger partial charge in [0.25, 0.3) is 0 Å². The Bertz CT molecular complexity index is 1180. The maximum atomic E-state index is 12.6. The van der Waals surface area contributed by atoms with E-state index < -0.39 is 9.84 Å². The second-order valence-electron chi connectivity index (χ2n) is 7.95. The summed E-state index contributed by atoms with van der Waals surface area (Å²) in [5.74, 6) is 0.0198. The third-order valence-electron chi connectivity index (χ3n) is 5.88. The average molecular weight is 458 g/mol. The van der Waals surface area contributed by atoms with Crippen molar-refractivity contribution in [1.82, 2.24) is 9.88 Å². The highest BCUT2D eigenvalue weighted by molar-refractivity contribution is 7.91. The Morgan fingerprint density at radius 1 is 1.03 bits per heavy atom. The van der Waals surface area contributed by atoms with Crippen molar-refractivity contribution < 1.29 is 13.2 Å². The van der Waals surface area contributed by atoms with Gasteiger partial charge in [0.1, 0.15) is 0 Å². The van der Waals surface area contributed by atoms with Crippen LogP contribution >= 0.6 is 11.3 Å². The number of aryl methyl sites for hydroxylation is 2. The summed E-state index contributed by atoms with van der Waals surface area (Å²) in [5.41, 5.74) is 3.53.